The van der Waals surface area contributed by atoms with Gasteiger partial charge in [-0.05, 0) is 44.4 Å². The van der Waals surface area contributed by atoms with E-state index in [9.17, 15) is 9.59 Å². The Kier molecular flexibility index (Phi) is 8.95. The Labute approximate surface area is 157 Å². The third-order valence-corrected chi connectivity index (χ3v) is 4.91. The van der Waals surface area contributed by atoms with E-state index in [0.717, 1.165) is 32.5 Å². The van der Waals surface area contributed by atoms with Crippen LogP contribution in [0.3, 0.4) is 0 Å². The van der Waals surface area contributed by atoms with Crippen LogP contribution >= 0.6 is 0 Å². The molecule has 0 aromatic heterocycles. The molecule has 0 bridgehead atoms. The zero-order valence-corrected chi connectivity index (χ0v) is 16.5. The second kappa shape index (κ2) is 11.2. The number of nitrogens with zero attached hydrogens (tertiary/aromatic N) is 2. The molecule has 0 spiro atoms. The van der Waals surface area contributed by atoms with Gasteiger partial charge in [-0.3, -0.25) is 9.69 Å². The Morgan fingerprint density at radius 2 is 2.00 bits per heavy atom. The molecule has 0 saturated carbocycles. The molecule has 1 heterocycles. The van der Waals surface area contributed by atoms with Crippen LogP contribution in [0.25, 0.3) is 0 Å². The topological polar surface area (TPSA) is 61.9 Å². The lowest BCUT2D eigenvalue weighted by atomic mass is 9.97. The van der Waals surface area contributed by atoms with Gasteiger partial charge in [0.15, 0.2) is 0 Å². The Hall–Kier alpha value is -1.56. The Balaban J connectivity index is 1.64. The molecule has 0 aromatic rings. The van der Waals surface area contributed by atoms with E-state index in [-0.39, 0.29) is 12.0 Å². The van der Waals surface area contributed by atoms with Crippen molar-refractivity contribution < 1.29 is 14.3 Å². The van der Waals surface area contributed by atoms with Gasteiger partial charge in [0.2, 0.25) is 5.91 Å². The summed E-state index contributed by atoms with van der Waals surface area (Å²) in [5.74, 6) is 0.424. The van der Waals surface area contributed by atoms with Crippen LogP contribution in [0.1, 0.15) is 52.4 Å². The molecule has 2 amide bonds. The molecule has 0 radical (unpaired) electrons. The van der Waals surface area contributed by atoms with Crippen molar-refractivity contribution in [1.82, 2.24) is 15.1 Å². The maximum Gasteiger partial charge on any atom is 0.409 e. The van der Waals surface area contributed by atoms with Crippen molar-refractivity contribution in [2.24, 2.45) is 5.92 Å². The fraction of sp³-hybridized carbons (Fsp3) is 0.800. The van der Waals surface area contributed by atoms with Gasteiger partial charge in [0, 0.05) is 32.7 Å². The molecule has 26 heavy (non-hydrogen) atoms. The van der Waals surface area contributed by atoms with Gasteiger partial charge in [0.25, 0.3) is 0 Å². The van der Waals surface area contributed by atoms with Crippen molar-refractivity contribution in [3.8, 4) is 0 Å². The smallest absolute Gasteiger partial charge is 0.409 e. The lowest BCUT2D eigenvalue weighted by Crippen LogP contribution is -2.40. The summed E-state index contributed by atoms with van der Waals surface area (Å²) in [5, 5.41) is 3.04. The highest BCUT2D eigenvalue weighted by atomic mass is 16.6. The lowest BCUT2D eigenvalue weighted by Gasteiger charge is -2.22. The van der Waals surface area contributed by atoms with Crippen LogP contribution in [0.15, 0.2) is 11.6 Å². The normalized spacial score (nSPS) is 19.0. The summed E-state index contributed by atoms with van der Waals surface area (Å²) in [6, 6.07) is 0. The highest BCUT2D eigenvalue weighted by Gasteiger charge is 2.21. The summed E-state index contributed by atoms with van der Waals surface area (Å²) in [4.78, 5) is 28.1. The molecule has 1 aliphatic heterocycles. The van der Waals surface area contributed by atoms with Crippen LogP contribution in [-0.4, -0.2) is 67.7 Å². The number of nitrogens with one attached hydrogen (secondary N) is 1. The predicted molar refractivity (Wildman–Crippen MR) is 103 cm³/mol. The first-order chi connectivity index (χ1) is 12.5. The van der Waals surface area contributed by atoms with E-state index in [2.05, 4.69) is 16.3 Å². The number of carbonyl (C=O) groups excluding carboxylic acids is 2. The molecule has 2 aliphatic rings. The molecule has 0 atom stereocenters. The lowest BCUT2D eigenvalue weighted by molar-refractivity contribution is -0.122. The number of ether oxygens (including phenoxy) is 1. The molecule has 6 heteroatoms. The molecule has 1 aliphatic carbocycles. The van der Waals surface area contributed by atoms with Gasteiger partial charge in [-0.25, -0.2) is 4.79 Å². The maximum absolute atomic E-state index is 12.2. The average molecular weight is 366 g/mol. The number of rotatable bonds is 7. The van der Waals surface area contributed by atoms with Gasteiger partial charge >= 0.3 is 6.09 Å². The minimum absolute atomic E-state index is 0.0808. The molecule has 6 nitrogen and oxygen atoms in total. The van der Waals surface area contributed by atoms with Crippen LogP contribution < -0.4 is 5.32 Å². The summed E-state index contributed by atoms with van der Waals surface area (Å²) < 4.78 is 5.31. The first kappa shape index (κ1) is 20.7. The van der Waals surface area contributed by atoms with E-state index in [1.54, 1.807) is 4.90 Å². The van der Waals surface area contributed by atoms with Crippen LogP contribution in [0.5, 0.6) is 0 Å². The van der Waals surface area contributed by atoms with Gasteiger partial charge < -0.3 is 15.0 Å². The summed E-state index contributed by atoms with van der Waals surface area (Å²) in [6.07, 6.45) is 8.90. The van der Waals surface area contributed by atoms with Crippen LogP contribution in [0, 0.1) is 5.92 Å². The third-order valence-electron chi connectivity index (χ3n) is 4.91. The van der Waals surface area contributed by atoms with Crippen molar-refractivity contribution in [3.05, 3.63) is 11.6 Å². The predicted octanol–water partition coefficient (Wildman–Crippen LogP) is 2.79. The fourth-order valence-corrected chi connectivity index (χ4v) is 3.39. The van der Waals surface area contributed by atoms with Crippen LogP contribution in [-0.2, 0) is 9.53 Å². The van der Waals surface area contributed by atoms with Crippen molar-refractivity contribution in [2.75, 3.05) is 45.9 Å². The van der Waals surface area contributed by atoms with E-state index in [4.69, 9.17) is 4.74 Å². The molecule has 1 fully saturated rings. The van der Waals surface area contributed by atoms with Gasteiger partial charge in [0.05, 0.1) is 13.2 Å². The second-order valence-electron chi connectivity index (χ2n) is 7.80. The van der Waals surface area contributed by atoms with Crippen LogP contribution in [0.2, 0.25) is 0 Å². The SMILES string of the molecule is CC(C)COC(=O)N1CCCN(CC(=O)NCCC2=CCCCC2)CC1. The zero-order valence-electron chi connectivity index (χ0n) is 16.5. The van der Waals surface area contributed by atoms with Gasteiger partial charge in [-0.15, -0.1) is 0 Å². The number of amides is 2. The summed E-state index contributed by atoms with van der Waals surface area (Å²) in [6.45, 7) is 8.53. The number of allylic oxidation sites excluding steroid dienone is 1. The molecule has 148 valence electrons. The minimum Gasteiger partial charge on any atom is -0.449 e. The summed E-state index contributed by atoms with van der Waals surface area (Å²) in [7, 11) is 0. The van der Waals surface area contributed by atoms with Gasteiger partial charge in [-0.2, -0.15) is 0 Å². The number of carbonyl (C=O) groups is 2. The molecule has 2 rings (SSSR count). The summed E-state index contributed by atoms with van der Waals surface area (Å²) in [5.41, 5.74) is 1.49. The maximum atomic E-state index is 12.2. The summed E-state index contributed by atoms with van der Waals surface area (Å²) >= 11 is 0. The highest BCUT2D eigenvalue weighted by Crippen LogP contribution is 2.19. The molecular formula is C20H35N3O3. The van der Waals surface area contributed by atoms with Crippen molar-refractivity contribution in [3.63, 3.8) is 0 Å². The monoisotopic (exact) mass is 365 g/mol. The van der Waals surface area contributed by atoms with E-state index in [1.165, 1.54) is 31.3 Å². The minimum atomic E-state index is -0.231. The average Bonchev–Trinajstić information content (AvgIpc) is 2.86. The van der Waals surface area contributed by atoms with Crippen molar-refractivity contribution in [2.45, 2.75) is 52.4 Å². The first-order valence-corrected chi connectivity index (χ1v) is 10.1. The Morgan fingerprint density at radius 3 is 2.73 bits per heavy atom. The van der Waals surface area contributed by atoms with Crippen molar-refractivity contribution >= 4 is 12.0 Å². The quantitative estimate of drug-likeness (QED) is 0.705. The molecule has 1 N–H and O–H groups in total. The van der Waals surface area contributed by atoms with E-state index in [0.29, 0.717) is 32.2 Å². The fourth-order valence-electron chi connectivity index (χ4n) is 3.39. The Morgan fingerprint density at radius 1 is 1.15 bits per heavy atom. The number of hydrogen-bond acceptors (Lipinski definition) is 4. The second-order valence-corrected chi connectivity index (χ2v) is 7.80. The highest BCUT2D eigenvalue weighted by molar-refractivity contribution is 5.78. The Bertz CT molecular complexity index is 491. The largest absolute Gasteiger partial charge is 0.449 e. The number of hydrogen-bond donors (Lipinski definition) is 1. The zero-order chi connectivity index (χ0) is 18.8. The van der Waals surface area contributed by atoms with E-state index in [1.807, 2.05) is 13.8 Å². The standard InChI is InChI=1S/C20H35N3O3/c1-17(2)16-26-20(25)23-12-6-11-22(13-14-23)15-19(24)21-10-9-18-7-4-3-5-8-18/h7,17H,3-6,8-16H2,1-2H3,(H,21,24). The third kappa shape index (κ3) is 7.77. The van der Waals surface area contributed by atoms with Crippen LogP contribution in [0.4, 0.5) is 4.79 Å². The first-order valence-electron chi connectivity index (χ1n) is 10.1. The van der Waals surface area contributed by atoms with Crippen molar-refractivity contribution in [1.29, 1.82) is 0 Å². The van der Waals surface area contributed by atoms with E-state index >= 15 is 0 Å². The molecule has 0 unspecified atom stereocenters. The molecular weight excluding hydrogens is 330 g/mol. The molecule has 0 aromatic carbocycles. The molecule has 1 saturated heterocycles. The van der Waals surface area contributed by atoms with E-state index < -0.39 is 0 Å². The van der Waals surface area contributed by atoms with Gasteiger partial charge in [-0.1, -0.05) is 25.5 Å². The van der Waals surface area contributed by atoms with Gasteiger partial charge in [0.1, 0.15) is 0 Å².